The Labute approximate surface area is 236 Å². The zero-order valence-electron chi connectivity index (χ0n) is 22.6. The number of ether oxygens (including phenoxy) is 3. The highest BCUT2D eigenvalue weighted by molar-refractivity contribution is 5.92. The Hall–Kier alpha value is -4.85. The van der Waals surface area contributed by atoms with Crippen LogP contribution >= 0.6 is 0 Å². The Bertz CT molecular complexity index is 1410. The topological polar surface area (TPSA) is 157 Å². The van der Waals surface area contributed by atoms with Gasteiger partial charge in [-0.1, -0.05) is 0 Å². The highest BCUT2D eigenvalue weighted by atomic mass is 16.6. The first kappa shape index (κ1) is 27.7. The van der Waals surface area contributed by atoms with Gasteiger partial charge in [-0.3, -0.25) is 10.1 Å². The van der Waals surface area contributed by atoms with Crippen LogP contribution in [-0.4, -0.2) is 78.1 Å². The molecule has 1 N–H and O–H groups in total. The Morgan fingerprint density at radius 2 is 1.71 bits per heavy atom. The lowest BCUT2D eigenvalue weighted by Gasteiger charge is -2.27. The molecule has 214 valence electrons. The molecule has 0 atom stereocenters. The Balaban J connectivity index is 1.30. The summed E-state index contributed by atoms with van der Waals surface area (Å²) in [4.78, 5) is 41.0. The first-order chi connectivity index (χ1) is 20.0. The number of morpholine rings is 1. The van der Waals surface area contributed by atoms with Crippen LogP contribution in [0.1, 0.15) is 35.7 Å². The fourth-order valence-corrected chi connectivity index (χ4v) is 4.37. The zero-order valence-corrected chi connectivity index (χ0v) is 22.6. The molecule has 2 saturated heterocycles. The highest BCUT2D eigenvalue weighted by Crippen LogP contribution is 2.29. The van der Waals surface area contributed by atoms with Crippen LogP contribution in [0.25, 0.3) is 0 Å². The number of anilines is 3. The summed E-state index contributed by atoms with van der Waals surface area (Å²) in [6.45, 7) is 6.60. The number of aromatic nitrogens is 3. The van der Waals surface area contributed by atoms with E-state index in [0.29, 0.717) is 62.1 Å². The number of rotatable bonds is 10. The SMILES string of the molecule is CCOc1cc(/C=N\Nc2nc(N3CCCC3)nc(N3CCOCC3)n2)ccc1OC(=O)c1ccc([N+](=O)[O-])cc1. The van der Waals surface area contributed by atoms with Gasteiger partial charge in [-0.05, 0) is 55.7 Å². The quantitative estimate of drug-likeness (QED) is 0.127. The van der Waals surface area contributed by atoms with Crippen molar-refractivity contribution in [3.05, 3.63) is 63.7 Å². The predicted octanol–water partition coefficient (Wildman–Crippen LogP) is 3.28. The number of nitro benzene ring substituents is 1. The van der Waals surface area contributed by atoms with Gasteiger partial charge in [0.15, 0.2) is 11.5 Å². The molecule has 0 radical (unpaired) electrons. The standard InChI is InChI=1S/C27H30N8O6/c1-2-40-23-17-19(5-10-22(23)41-24(36)20-6-8-21(9-7-20)35(37)38)18-28-32-25-29-26(33-11-3-4-12-33)31-27(30-25)34-13-15-39-16-14-34/h5-10,17-18H,2-4,11-16H2,1H3,(H,29,30,31,32)/b28-18-. The number of non-ortho nitro benzene ring substituents is 1. The number of hydrogen-bond acceptors (Lipinski definition) is 13. The molecule has 2 aromatic carbocycles. The molecule has 0 amide bonds. The highest BCUT2D eigenvalue weighted by Gasteiger charge is 2.21. The first-order valence-corrected chi connectivity index (χ1v) is 13.4. The van der Waals surface area contributed by atoms with Crippen LogP contribution in [0, 0.1) is 10.1 Å². The van der Waals surface area contributed by atoms with Gasteiger partial charge in [-0.25, -0.2) is 10.2 Å². The summed E-state index contributed by atoms with van der Waals surface area (Å²) in [6, 6.07) is 10.2. The molecule has 0 aliphatic carbocycles. The average Bonchev–Trinajstić information content (AvgIpc) is 3.54. The Morgan fingerprint density at radius 1 is 1.02 bits per heavy atom. The normalized spacial score (nSPS) is 15.2. The molecule has 5 rings (SSSR count). The monoisotopic (exact) mass is 562 g/mol. The smallest absolute Gasteiger partial charge is 0.343 e. The van der Waals surface area contributed by atoms with Gasteiger partial charge in [0.25, 0.3) is 5.69 Å². The fourth-order valence-electron chi connectivity index (χ4n) is 4.37. The van der Waals surface area contributed by atoms with E-state index >= 15 is 0 Å². The first-order valence-electron chi connectivity index (χ1n) is 13.4. The summed E-state index contributed by atoms with van der Waals surface area (Å²) in [5.41, 5.74) is 3.66. The molecule has 14 heteroatoms. The third kappa shape index (κ3) is 7.03. The number of benzene rings is 2. The lowest BCUT2D eigenvalue weighted by Crippen LogP contribution is -2.38. The van der Waals surface area contributed by atoms with Crippen molar-refractivity contribution in [2.45, 2.75) is 19.8 Å². The molecule has 2 aliphatic heterocycles. The lowest BCUT2D eigenvalue weighted by atomic mass is 10.2. The van der Waals surface area contributed by atoms with Crippen molar-refractivity contribution in [2.75, 3.05) is 61.2 Å². The Morgan fingerprint density at radius 3 is 2.37 bits per heavy atom. The molecule has 14 nitrogen and oxygen atoms in total. The van der Waals surface area contributed by atoms with E-state index in [9.17, 15) is 14.9 Å². The lowest BCUT2D eigenvalue weighted by molar-refractivity contribution is -0.384. The third-order valence-electron chi connectivity index (χ3n) is 6.46. The van der Waals surface area contributed by atoms with Crippen molar-refractivity contribution >= 4 is 35.7 Å². The van der Waals surface area contributed by atoms with Gasteiger partial charge in [0.1, 0.15) is 0 Å². The van der Waals surface area contributed by atoms with Gasteiger partial charge in [0.2, 0.25) is 17.8 Å². The molecule has 41 heavy (non-hydrogen) atoms. The number of hydrogen-bond donors (Lipinski definition) is 1. The molecule has 3 heterocycles. The molecular weight excluding hydrogens is 532 g/mol. The Kier molecular flexibility index (Phi) is 8.79. The van der Waals surface area contributed by atoms with E-state index in [-0.39, 0.29) is 17.0 Å². The van der Waals surface area contributed by atoms with Crippen molar-refractivity contribution < 1.29 is 23.9 Å². The maximum absolute atomic E-state index is 12.6. The largest absolute Gasteiger partial charge is 0.490 e. The molecule has 2 aliphatic rings. The number of carbonyl (C=O) groups excluding carboxylic acids is 1. The third-order valence-corrected chi connectivity index (χ3v) is 6.46. The van der Waals surface area contributed by atoms with Gasteiger partial charge in [-0.15, -0.1) is 0 Å². The second-order valence-corrected chi connectivity index (χ2v) is 9.26. The van der Waals surface area contributed by atoms with Crippen LogP contribution < -0.4 is 24.7 Å². The molecule has 0 saturated carbocycles. The van der Waals surface area contributed by atoms with Gasteiger partial charge >= 0.3 is 5.97 Å². The molecule has 0 unspecified atom stereocenters. The number of nitrogens with one attached hydrogen (secondary N) is 1. The number of esters is 1. The summed E-state index contributed by atoms with van der Waals surface area (Å²) >= 11 is 0. The predicted molar refractivity (Wildman–Crippen MR) is 151 cm³/mol. The van der Waals surface area contributed by atoms with Gasteiger partial charge in [-0.2, -0.15) is 20.1 Å². The van der Waals surface area contributed by atoms with Crippen LogP contribution in [0.4, 0.5) is 23.5 Å². The second-order valence-electron chi connectivity index (χ2n) is 9.26. The van der Waals surface area contributed by atoms with E-state index in [0.717, 1.165) is 25.9 Å². The van der Waals surface area contributed by atoms with E-state index in [4.69, 9.17) is 19.2 Å². The summed E-state index contributed by atoms with van der Waals surface area (Å²) in [5, 5.41) is 15.2. The zero-order chi connectivity index (χ0) is 28.6. The van der Waals surface area contributed by atoms with Crippen LogP contribution in [-0.2, 0) is 4.74 Å². The van der Waals surface area contributed by atoms with Gasteiger partial charge in [0, 0.05) is 38.3 Å². The second kappa shape index (κ2) is 13.0. The van der Waals surface area contributed by atoms with E-state index in [1.807, 2.05) is 6.92 Å². The number of nitro groups is 1. The molecule has 0 spiro atoms. The summed E-state index contributed by atoms with van der Waals surface area (Å²) in [6.07, 6.45) is 3.78. The van der Waals surface area contributed by atoms with E-state index in [1.54, 1.807) is 24.4 Å². The number of nitrogens with zero attached hydrogens (tertiary/aromatic N) is 7. The van der Waals surface area contributed by atoms with Crippen LogP contribution in [0.3, 0.4) is 0 Å². The van der Waals surface area contributed by atoms with Crippen molar-refractivity contribution in [3.63, 3.8) is 0 Å². The molecule has 0 bridgehead atoms. The number of hydrazone groups is 1. The van der Waals surface area contributed by atoms with Crippen LogP contribution in [0.5, 0.6) is 11.5 Å². The van der Waals surface area contributed by atoms with E-state index in [1.165, 1.54) is 24.3 Å². The van der Waals surface area contributed by atoms with E-state index < -0.39 is 10.9 Å². The van der Waals surface area contributed by atoms with Crippen LogP contribution in [0.15, 0.2) is 47.6 Å². The fraction of sp³-hybridized carbons (Fsp3) is 0.370. The van der Waals surface area contributed by atoms with Gasteiger partial charge in [0.05, 0.1) is 36.5 Å². The molecule has 3 aromatic rings. The minimum atomic E-state index is -0.663. The van der Waals surface area contributed by atoms with Gasteiger partial charge < -0.3 is 24.0 Å². The average molecular weight is 563 g/mol. The summed E-state index contributed by atoms with van der Waals surface area (Å²) in [5.74, 6) is 1.43. The van der Waals surface area contributed by atoms with Crippen molar-refractivity contribution in [1.82, 2.24) is 15.0 Å². The van der Waals surface area contributed by atoms with Crippen LogP contribution in [0.2, 0.25) is 0 Å². The maximum atomic E-state index is 12.6. The summed E-state index contributed by atoms with van der Waals surface area (Å²) < 4.78 is 16.7. The van der Waals surface area contributed by atoms with Crippen molar-refractivity contribution in [1.29, 1.82) is 0 Å². The number of carbonyl (C=O) groups is 1. The van der Waals surface area contributed by atoms with E-state index in [2.05, 4.69) is 30.3 Å². The summed E-state index contributed by atoms with van der Waals surface area (Å²) in [7, 11) is 0. The molecule has 2 fully saturated rings. The molecule has 1 aromatic heterocycles. The van der Waals surface area contributed by atoms with Crippen molar-refractivity contribution in [2.24, 2.45) is 5.10 Å². The maximum Gasteiger partial charge on any atom is 0.343 e. The van der Waals surface area contributed by atoms with Crippen molar-refractivity contribution in [3.8, 4) is 11.5 Å². The molecular formula is C27H30N8O6. The minimum absolute atomic E-state index is 0.115. The minimum Gasteiger partial charge on any atom is -0.490 e.